The van der Waals surface area contributed by atoms with Crippen molar-refractivity contribution in [3.05, 3.63) is 39.8 Å². The fourth-order valence-electron chi connectivity index (χ4n) is 4.26. The second-order valence-corrected chi connectivity index (χ2v) is 10.1. The highest BCUT2D eigenvalue weighted by atomic mass is 32.1. The number of hydrogen-bond donors (Lipinski definition) is 0. The van der Waals surface area contributed by atoms with Crippen molar-refractivity contribution in [3.63, 3.8) is 0 Å². The zero-order valence-corrected chi connectivity index (χ0v) is 21.6. The average molecular weight is 481 g/mol. The highest BCUT2D eigenvalue weighted by Gasteiger charge is 2.21. The van der Waals surface area contributed by atoms with Gasteiger partial charge in [0.05, 0.1) is 6.61 Å². The Morgan fingerprint density at radius 3 is 2.21 bits per heavy atom. The maximum atomic E-state index is 14.8. The van der Waals surface area contributed by atoms with Crippen LogP contribution in [0.5, 0.6) is 5.75 Å². The molecule has 0 aliphatic rings. The van der Waals surface area contributed by atoms with Gasteiger partial charge >= 0.3 is 0 Å². The van der Waals surface area contributed by atoms with Crippen molar-refractivity contribution in [3.8, 4) is 5.75 Å². The Kier molecular flexibility index (Phi) is 13.5. The van der Waals surface area contributed by atoms with Gasteiger partial charge in [0.1, 0.15) is 10.5 Å². The number of aromatic nitrogens is 2. The minimum atomic E-state index is -0.856. The maximum absolute atomic E-state index is 14.8. The number of halogens is 2. The van der Waals surface area contributed by atoms with E-state index in [0.29, 0.717) is 18.1 Å². The van der Waals surface area contributed by atoms with Gasteiger partial charge in [-0.3, -0.25) is 0 Å². The number of benzene rings is 1. The van der Waals surface area contributed by atoms with Crippen LogP contribution in [0.4, 0.5) is 8.78 Å². The standard InChI is InChI=1S/C27H42F2N2OS/c1-4-6-8-9-10-11-12-13-19-32-24-18-17-23(25(28)26(24)29)21(3)15-16-22(14-7-5-2)27-31-30-20-33-27/h17-18,20-22H,4-16,19H2,1-3H3. The molecule has 1 heterocycles. The van der Waals surface area contributed by atoms with Crippen LogP contribution < -0.4 is 4.74 Å². The Hall–Kier alpha value is -1.56. The minimum Gasteiger partial charge on any atom is -0.490 e. The van der Waals surface area contributed by atoms with Gasteiger partial charge in [0.25, 0.3) is 0 Å². The van der Waals surface area contributed by atoms with Gasteiger partial charge in [-0.25, -0.2) is 4.39 Å². The van der Waals surface area contributed by atoms with Gasteiger partial charge in [0.15, 0.2) is 11.6 Å². The summed E-state index contributed by atoms with van der Waals surface area (Å²) in [5.74, 6) is -1.33. The highest BCUT2D eigenvalue weighted by molar-refractivity contribution is 7.09. The second kappa shape index (κ2) is 16.1. The van der Waals surface area contributed by atoms with Crippen LogP contribution in [0.15, 0.2) is 17.6 Å². The number of hydrogen-bond acceptors (Lipinski definition) is 4. The monoisotopic (exact) mass is 480 g/mol. The molecule has 0 saturated heterocycles. The molecule has 0 aliphatic carbocycles. The molecule has 0 amide bonds. The van der Waals surface area contributed by atoms with E-state index in [1.54, 1.807) is 29.0 Å². The first kappa shape index (κ1) is 27.7. The summed E-state index contributed by atoms with van der Waals surface area (Å²) in [5, 5.41) is 9.27. The molecule has 0 saturated carbocycles. The maximum Gasteiger partial charge on any atom is 0.200 e. The number of rotatable bonds is 18. The Morgan fingerprint density at radius 1 is 0.848 bits per heavy atom. The summed E-state index contributed by atoms with van der Waals surface area (Å²) >= 11 is 1.58. The van der Waals surface area contributed by atoms with Crippen molar-refractivity contribution >= 4 is 11.3 Å². The molecule has 2 atom stereocenters. The lowest BCUT2D eigenvalue weighted by Gasteiger charge is -2.18. The lowest BCUT2D eigenvalue weighted by atomic mass is 9.89. The minimum absolute atomic E-state index is 0.0288. The summed E-state index contributed by atoms with van der Waals surface area (Å²) < 4.78 is 35.0. The first-order valence-corrected chi connectivity index (χ1v) is 13.8. The highest BCUT2D eigenvalue weighted by Crippen LogP contribution is 2.34. The van der Waals surface area contributed by atoms with Gasteiger partial charge in [0.2, 0.25) is 5.82 Å². The van der Waals surface area contributed by atoms with E-state index in [0.717, 1.165) is 50.0 Å². The van der Waals surface area contributed by atoms with E-state index in [1.807, 2.05) is 6.92 Å². The van der Waals surface area contributed by atoms with Crippen molar-refractivity contribution in [1.82, 2.24) is 10.2 Å². The largest absolute Gasteiger partial charge is 0.490 e. The van der Waals surface area contributed by atoms with Gasteiger partial charge < -0.3 is 4.74 Å². The topological polar surface area (TPSA) is 35.0 Å². The molecule has 186 valence electrons. The van der Waals surface area contributed by atoms with Gasteiger partial charge in [-0.2, -0.15) is 4.39 Å². The van der Waals surface area contributed by atoms with Gasteiger partial charge in [0, 0.05) is 5.92 Å². The van der Waals surface area contributed by atoms with E-state index >= 15 is 0 Å². The predicted molar refractivity (Wildman–Crippen MR) is 134 cm³/mol. The lowest BCUT2D eigenvalue weighted by molar-refractivity contribution is 0.283. The summed E-state index contributed by atoms with van der Waals surface area (Å²) in [6, 6.07) is 3.28. The van der Waals surface area contributed by atoms with E-state index < -0.39 is 11.6 Å². The number of unbranched alkanes of at least 4 members (excludes halogenated alkanes) is 8. The molecule has 1 aromatic heterocycles. The van der Waals surface area contributed by atoms with Crippen LogP contribution in [0, 0.1) is 11.6 Å². The Balaban J connectivity index is 1.80. The second-order valence-electron chi connectivity index (χ2n) is 9.20. The summed E-state index contributed by atoms with van der Waals surface area (Å²) in [6.45, 7) is 6.80. The Bertz CT molecular complexity index is 770. The van der Waals surface area contributed by atoms with Crippen molar-refractivity contribution < 1.29 is 13.5 Å². The Labute approximate surface area is 203 Å². The molecule has 0 N–H and O–H groups in total. The third kappa shape index (κ3) is 9.68. The molecular formula is C27H42F2N2OS. The van der Waals surface area contributed by atoms with Gasteiger partial charge in [-0.05, 0) is 43.2 Å². The van der Waals surface area contributed by atoms with Crippen LogP contribution in [0.1, 0.15) is 127 Å². The van der Waals surface area contributed by atoms with E-state index in [9.17, 15) is 8.78 Å². The fraction of sp³-hybridized carbons (Fsp3) is 0.704. The van der Waals surface area contributed by atoms with Crippen molar-refractivity contribution in [2.45, 2.75) is 116 Å². The third-order valence-corrected chi connectivity index (χ3v) is 7.30. The smallest absolute Gasteiger partial charge is 0.200 e. The normalized spacial score (nSPS) is 13.2. The summed E-state index contributed by atoms with van der Waals surface area (Å²) in [5.41, 5.74) is 2.19. The summed E-state index contributed by atoms with van der Waals surface area (Å²) in [4.78, 5) is 0. The van der Waals surface area contributed by atoms with Crippen molar-refractivity contribution in [2.75, 3.05) is 6.61 Å². The molecule has 2 unspecified atom stereocenters. The molecule has 0 fully saturated rings. The number of ether oxygens (including phenoxy) is 1. The lowest BCUT2D eigenvalue weighted by Crippen LogP contribution is -2.07. The Morgan fingerprint density at radius 2 is 1.55 bits per heavy atom. The summed E-state index contributed by atoms with van der Waals surface area (Å²) in [7, 11) is 0. The molecule has 0 aliphatic heterocycles. The van der Waals surface area contributed by atoms with Crippen LogP contribution >= 0.6 is 11.3 Å². The molecular weight excluding hydrogens is 438 g/mol. The van der Waals surface area contributed by atoms with Crippen LogP contribution in [-0.2, 0) is 0 Å². The van der Waals surface area contributed by atoms with Crippen molar-refractivity contribution in [1.29, 1.82) is 0 Å². The van der Waals surface area contributed by atoms with E-state index in [-0.39, 0.29) is 11.7 Å². The molecule has 2 rings (SSSR count). The SMILES string of the molecule is CCCCCCCCCCOc1ccc(C(C)CCC(CCCC)c2nncs2)c(F)c1F. The van der Waals surface area contributed by atoms with Crippen LogP contribution in [0.25, 0.3) is 0 Å². The van der Waals surface area contributed by atoms with E-state index in [4.69, 9.17) is 4.74 Å². The molecule has 3 nitrogen and oxygen atoms in total. The van der Waals surface area contributed by atoms with Crippen LogP contribution in [0.3, 0.4) is 0 Å². The quantitative estimate of drug-likeness (QED) is 0.199. The molecule has 2 aromatic rings. The van der Waals surface area contributed by atoms with E-state index in [2.05, 4.69) is 24.0 Å². The molecule has 0 radical (unpaired) electrons. The molecule has 0 bridgehead atoms. The first-order chi connectivity index (χ1) is 16.1. The first-order valence-electron chi connectivity index (χ1n) is 12.9. The summed E-state index contributed by atoms with van der Waals surface area (Å²) in [6.07, 6.45) is 14.5. The predicted octanol–water partition coefficient (Wildman–Crippen LogP) is 9.19. The molecule has 1 aromatic carbocycles. The van der Waals surface area contributed by atoms with Gasteiger partial charge in [-0.1, -0.05) is 84.6 Å². The van der Waals surface area contributed by atoms with Crippen LogP contribution in [0.2, 0.25) is 0 Å². The van der Waals surface area contributed by atoms with Crippen LogP contribution in [-0.4, -0.2) is 16.8 Å². The molecule has 6 heteroatoms. The average Bonchev–Trinajstić information content (AvgIpc) is 3.35. The fourth-order valence-corrected chi connectivity index (χ4v) is 4.99. The third-order valence-electron chi connectivity index (χ3n) is 6.44. The van der Waals surface area contributed by atoms with E-state index in [1.165, 1.54) is 38.5 Å². The zero-order chi connectivity index (χ0) is 23.9. The van der Waals surface area contributed by atoms with Crippen molar-refractivity contribution in [2.24, 2.45) is 0 Å². The molecule has 0 spiro atoms. The number of nitrogens with zero attached hydrogens (tertiary/aromatic N) is 2. The van der Waals surface area contributed by atoms with Gasteiger partial charge in [-0.15, -0.1) is 21.5 Å². The molecule has 33 heavy (non-hydrogen) atoms. The zero-order valence-electron chi connectivity index (χ0n) is 20.8.